The quantitative estimate of drug-likeness (QED) is 0.508. The van der Waals surface area contributed by atoms with Gasteiger partial charge in [0.25, 0.3) is 5.91 Å². The Labute approximate surface area is 199 Å². The first-order valence-electron chi connectivity index (χ1n) is 10.2. The lowest BCUT2D eigenvalue weighted by Gasteiger charge is -2.15. The fraction of sp³-hybridized carbons (Fsp3) is 0.333. The molecule has 5 rings (SSSR count). The molecule has 33 heavy (non-hydrogen) atoms. The van der Waals surface area contributed by atoms with Crippen molar-refractivity contribution in [2.75, 3.05) is 12.4 Å². The summed E-state index contributed by atoms with van der Waals surface area (Å²) < 4.78 is 31.9. The second kappa shape index (κ2) is 8.32. The molecule has 0 radical (unpaired) electrons. The minimum Gasteiger partial charge on any atom is -0.494 e. The van der Waals surface area contributed by atoms with Crippen LogP contribution in [0.5, 0.6) is 5.75 Å². The summed E-state index contributed by atoms with van der Waals surface area (Å²) in [6.45, 7) is 2.36. The van der Waals surface area contributed by atoms with Crippen molar-refractivity contribution in [1.29, 1.82) is 0 Å². The van der Waals surface area contributed by atoms with E-state index in [2.05, 4.69) is 20.3 Å². The van der Waals surface area contributed by atoms with Crippen LogP contribution in [0.25, 0.3) is 11.1 Å². The number of methoxy groups -OCH3 is 1. The van der Waals surface area contributed by atoms with Gasteiger partial charge in [0.15, 0.2) is 5.13 Å². The van der Waals surface area contributed by atoms with E-state index in [1.54, 1.807) is 12.1 Å². The van der Waals surface area contributed by atoms with E-state index in [0.717, 1.165) is 23.4 Å². The van der Waals surface area contributed by atoms with Gasteiger partial charge < -0.3 is 4.74 Å². The number of halogens is 1. The zero-order valence-corrected chi connectivity index (χ0v) is 20.2. The molecule has 0 atom stereocenters. The summed E-state index contributed by atoms with van der Waals surface area (Å²) in [6, 6.07) is 3.42. The van der Waals surface area contributed by atoms with Gasteiger partial charge >= 0.3 is 0 Å². The summed E-state index contributed by atoms with van der Waals surface area (Å²) >= 11 is 7.38. The van der Waals surface area contributed by atoms with Crippen LogP contribution >= 0.6 is 22.9 Å². The monoisotopic (exact) mass is 505 g/mol. The molecule has 0 bridgehead atoms. The van der Waals surface area contributed by atoms with Crippen LogP contribution in [0.15, 0.2) is 24.5 Å². The van der Waals surface area contributed by atoms with E-state index in [4.69, 9.17) is 16.3 Å². The van der Waals surface area contributed by atoms with E-state index in [9.17, 15) is 13.2 Å². The number of hydrogen-bond acceptors (Lipinski definition) is 8. The lowest BCUT2D eigenvalue weighted by molar-refractivity contribution is 0.102. The zero-order chi connectivity index (χ0) is 23.3. The van der Waals surface area contributed by atoms with E-state index in [0.29, 0.717) is 39.8 Å². The molecule has 0 spiro atoms. The molecule has 1 saturated carbocycles. The molecule has 4 heterocycles. The van der Waals surface area contributed by atoms with Gasteiger partial charge in [0.1, 0.15) is 10.9 Å². The van der Waals surface area contributed by atoms with E-state index < -0.39 is 10.0 Å². The number of hydrogen-bond donors (Lipinski definition) is 1. The molecule has 0 saturated heterocycles. The second-order valence-electron chi connectivity index (χ2n) is 7.93. The van der Waals surface area contributed by atoms with Gasteiger partial charge in [-0.25, -0.2) is 18.4 Å². The molecule has 1 amide bonds. The maximum Gasteiger partial charge on any atom is 0.259 e. The minimum absolute atomic E-state index is 0.241. The maximum absolute atomic E-state index is 13.2. The number of anilines is 1. The third-order valence-corrected chi connectivity index (χ3v) is 9.08. The predicted molar refractivity (Wildman–Crippen MR) is 125 cm³/mol. The molecular formula is C21H20ClN5O4S2. The van der Waals surface area contributed by atoms with Crippen LogP contribution in [0.2, 0.25) is 5.15 Å². The highest BCUT2D eigenvalue weighted by Gasteiger charge is 2.43. The number of sulfonamides is 1. The number of thiazole rings is 1. The third-order valence-electron chi connectivity index (χ3n) is 5.58. The van der Waals surface area contributed by atoms with Gasteiger partial charge in [-0.05, 0) is 31.9 Å². The Balaban J connectivity index is 1.40. The highest BCUT2D eigenvalue weighted by Crippen LogP contribution is 2.39. The summed E-state index contributed by atoms with van der Waals surface area (Å²) in [6.07, 6.45) is 4.45. The average molecular weight is 506 g/mol. The first-order valence-corrected chi connectivity index (χ1v) is 12.9. The van der Waals surface area contributed by atoms with Crippen LogP contribution < -0.4 is 10.1 Å². The molecule has 1 aliphatic carbocycles. The van der Waals surface area contributed by atoms with Gasteiger partial charge in [0, 0.05) is 27.9 Å². The molecule has 12 heteroatoms. The van der Waals surface area contributed by atoms with Crippen LogP contribution in [-0.2, 0) is 23.1 Å². The molecule has 172 valence electrons. The van der Waals surface area contributed by atoms with Gasteiger partial charge in [0.05, 0.1) is 42.9 Å². The van der Waals surface area contributed by atoms with Gasteiger partial charge in [-0.3, -0.25) is 15.1 Å². The van der Waals surface area contributed by atoms with E-state index in [-0.39, 0.29) is 22.9 Å². The van der Waals surface area contributed by atoms with Crippen LogP contribution in [0, 0.1) is 6.92 Å². The summed E-state index contributed by atoms with van der Waals surface area (Å²) in [5.74, 6) is 0.0895. The van der Waals surface area contributed by atoms with Crippen molar-refractivity contribution in [1.82, 2.24) is 19.3 Å². The zero-order valence-electron chi connectivity index (χ0n) is 17.8. The van der Waals surface area contributed by atoms with Crippen LogP contribution in [0.1, 0.15) is 39.5 Å². The van der Waals surface area contributed by atoms with Crippen molar-refractivity contribution in [3.05, 3.63) is 51.5 Å². The highest BCUT2D eigenvalue weighted by atomic mass is 35.5. The number of aromatic nitrogens is 3. The predicted octanol–water partition coefficient (Wildman–Crippen LogP) is 3.63. The summed E-state index contributed by atoms with van der Waals surface area (Å²) in [4.78, 5) is 26.8. The van der Waals surface area contributed by atoms with Crippen LogP contribution in [-0.4, -0.2) is 45.9 Å². The number of fused-ring (bicyclic) bond motifs is 1. The Morgan fingerprint density at radius 3 is 2.70 bits per heavy atom. The molecule has 2 aliphatic rings. The van der Waals surface area contributed by atoms with Crippen LogP contribution in [0.4, 0.5) is 5.13 Å². The number of pyridine rings is 2. The Hall–Kier alpha value is -2.60. The smallest absolute Gasteiger partial charge is 0.259 e. The fourth-order valence-electron chi connectivity index (χ4n) is 3.74. The maximum atomic E-state index is 13.2. The summed E-state index contributed by atoms with van der Waals surface area (Å²) in [5, 5.41) is 3.26. The number of nitrogens with zero attached hydrogens (tertiary/aromatic N) is 4. The number of nitrogens with one attached hydrogen (secondary N) is 1. The Morgan fingerprint density at radius 1 is 1.21 bits per heavy atom. The number of rotatable bonds is 6. The molecule has 3 aromatic rings. The number of carbonyl (C=O) groups excluding carboxylic acids is 1. The molecule has 0 aromatic carbocycles. The van der Waals surface area contributed by atoms with Crippen molar-refractivity contribution in [2.24, 2.45) is 0 Å². The molecule has 1 fully saturated rings. The van der Waals surface area contributed by atoms with Crippen molar-refractivity contribution in [3.8, 4) is 16.9 Å². The van der Waals surface area contributed by atoms with Crippen LogP contribution in [0.3, 0.4) is 0 Å². The minimum atomic E-state index is -3.26. The molecule has 9 nitrogen and oxygen atoms in total. The van der Waals surface area contributed by atoms with Gasteiger partial charge in [-0.15, -0.1) is 0 Å². The molecular weight excluding hydrogens is 486 g/mol. The lowest BCUT2D eigenvalue weighted by Crippen LogP contribution is -2.29. The van der Waals surface area contributed by atoms with Crippen molar-refractivity contribution in [2.45, 2.75) is 38.1 Å². The average Bonchev–Trinajstić information content (AvgIpc) is 3.47. The Morgan fingerprint density at radius 2 is 2.00 bits per heavy atom. The van der Waals surface area contributed by atoms with Crippen molar-refractivity contribution in [3.63, 3.8) is 0 Å². The number of carbonyl (C=O) groups is 1. The number of ether oxygens (including phenoxy) is 1. The SMILES string of the molecule is COc1cnc(Cl)cc1-c1cc(C)ncc1C(=O)Nc1nc2c(s1)CN(S(=O)(=O)C1CC1)C2. The lowest BCUT2D eigenvalue weighted by atomic mass is 10.0. The van der Waals surface area contributed by atoms with E-state index >= 15 is 0 Å². The van der Waals surface area contributed by atoms with E-state index in [1.165, 1.54) is 35.1 Å². The molecule has 1 aliphatic heterocycles. The normalized spacial score (nSPS) is 16.0. The van der Waals surface area contributed by atoms with Crippen molar-refractivity contribution < 1.29 is 17.9 Å². The second-order valence-corrected chi connectivity index (χ2v) is 11.6. The van der Waals surface area contributed by atoms with E-state index in [1.807, 2.05) is 6.92 Å². The van der Waals surface area contributed by atoms with Gasteiger partial charge in [0.2, 0.25) is 10.0 Å². The first-order chi connectivity index (χ1) is 15.8. The molecule has 0 unspecified atom stereocenters. The summed E-state index contributed by atoms with van der Waals surface area (Å²) in [7, 11) is -1.74. The highest BCUT2D eigenvalue weighted by molar-refractivity contribution is 7.90. The van der Waals surface area contributed by atoms with Gasteiger partial charge in [-0.1, -0.05) is 22.9 Å². The number of aryl methyl sites for hydroxylation is 1. The molecule has 1 N–H and O–H groups in total. The Bertz CT molecular complexity index is 1350. The largest absolute Gasteiger partial charge is 0.494 e. The summed E-state index contributed by atoms with van der Waals surface area (Å²) in [5.41, 5.74) is 2.96. The first kappa shape index (κ1) is 22.2. The fourth-order valence-corrected chi connectivity index (χ4v) is 6.73. The third kappa shape index (κ3) is 4.21. The molecule has 3 aromatic heterocycles. The number of amides is 1. The van der Waals surface area contributed by atoms with Crippen molar-refractivity contribution >= 4 is 44.0 Å². The topological polar surface area (TPSA) is 114 Å². The Kier molecular flexibility index (Phi) is 5.60. The van der Waals surface area contributed by atoms with Gasteiger partial charge in [-0.2, -0.15) is 4.31 Å². The standard InChI is InChI=1S/C21H20ClN5O4S2/c1-11-5-13(14-6-19(22)24-8-17(14)31-2)15(7-23-11)20(28)26-21-25-16-9-27(10-18(16)32-21)33(29,30)12-3-4-12/h5-8,12H,3-4,9-10H2,1-2H3,(H,25,26,28).